The molecule has 0 heterocycles. The summed E-state index contributed by atoms with van der Waals surface area (Å²) >= 11 is 5.76. The molecule has 5 nitrogen and oxygen atoms in total. The summed E-state index contributed by atoms with van der Waals surface area (Å²) in [4.78, 5) is 12.0. The minimum atomic E-state index is -3.27. The van der Waals surface area contributed by atoms with Crippen LogP contribution in [-0.4, -0.2) is 26.8 Å². The summed E-state index contributed by atoms with van der Waals surface area (Å²) in [6.45, 7) is 0. The van der Waals surface area contributed by atoms with Crippen LogP contribution in [0.5, 0.6) is 0 Å². The van der Waals surface area contributed by atoms with Crippen molar-refractivity contribution < 1.29 is 13.2 Å². The van der Waals surface area contributed by atoms with Crippen LogP contribution in [0.4, 0.5) is 0 Å². The Bertz CT molecular complexity index is 798. The maximum Gasteiger partial charge on any atom is 0.271 e. The monoisotopic (exact) mass is 336 g/mol. The molecule has 0 aliphatic carbocycles. The molecule has 0 atom stereocenters. The number of hydrogen-bond acceptors (Lipinski definition) is 4. The molecule has 0 bridgehead atoms. The van der Waals surface area contributed by atoms with Crippen LogP contribution in [0.25, 0.3) is 0 Å². The van der Waals surface area contributed by atoms with E-state index in [1.165, 1.54) is 30.5 Å². The zero-order valence-corrected chi connectivity index (χ0v) is 13.2. The summed E-state index contributed by atoms with van der Waals surface area (Å²) in [6, 6.07) is 12.6. The number of halogens is 1. The maximum absolute atomic E-state index is 11.9. The van der Waals surface area contributed by atoms with Gasteiger partial charge in [0.05, 0.1) is 11.1 Å². The summed E-state index contributed by atoms with van der Waals surface area (Å²) in [5, 5.41) is 4.45. The number of hydrogen-bond donors (Lipinski definition) is 1. The smallest absolute Gasteiger partial charge is 0.267 e. The molecule has 114 valence electrons. The third-order valence-corrected chi connectivity index (χ3v) is 4.17. The van der Waals surface area contributed by atoms with E-state index < -0.39 is 15.7 Å². The summed E-state index contributed by atoms with van der Waals surface area (Å²) in [5.41, 5.74) is 3.48. The topological polar surface area (TPSA) is 75.6 Å². The summed E-state index contributed by atoms with van der Waals surface area (Å²) in [7, 11) is -3.27. The van der Waals surface area contributed by atoms with Gasteiger partial charge in [0.15, 0.2) is 9.84 Å². The molecule has 0 fully saturated rings. The average Bonchev–Trinajstić information content (AvgIpc) is 2.48. The lowest BCUT2D eigenvalue weighted by molar-refractivity contribution is 0.0955. The molecule has 2 aromatic carbocycles. The summed E-state index contributed by atoms with van der Waals surface area (Å²) in [5.74, 6) is -0.426. The number of rotatable bonds is 4. The molecular formula is C15H13ClN2O3S. The van der Waals surface area contributed by atoms with Gasteiger partial charge in [-0.25, -0.2) is 13.8 Å². The Kier molecular flexibility index (Phi) is 4.95. The van der Waals surface area contributed by atoms with Gasteiger partial charge >= 0.3 is 0 Å². The van der Waals surface area contributed by atoms with Crippen molar-refractivity contribution in [1.29, 1.82) is 0 Å². The van der Waals surface area contributed by atoms with Gasteiger partial charge in [0.2, 0.25) is 0 Å². The Balaban J connectivity index is 2.02. The largest absolute Gasteiger partial charge is 0.271 e. The standard InChI is InChI=1S/C15H13ClN2O3S/c1-22(20,21)14-8-4-12(5-9-14)15(19)18-17-10-11-2-6-13(16)7-3-11/h2-10H,1H3,(H,18,19)/b17-10+. The van der Waals surface area contributed by atoms with Gasteiger partial charge in [-0.2, -0.15) is 5.10 Å². The summed E-state index contributed by atoms with van der Waals surface area (Å²) < 4.78 is 22.7. The van der Waals surface area contributed by atoms with Crippen LogP contribution in [0.15, 0.2) is 58.5 Å². The fourth-order valence-corrected chi connectivity index (χ4v) is 2.39. The van der Waals surface area contributed by atoms with Gasteiger partial charge in [0.25, 0.3) is 5.91 Å². The van der Waals surface area contributed by atoms with Crippen molar-refractivity contribution in [3.8, 4) is 0 Å². The number of nitrogens with one attached hydrogen (secondary N) is 1. The highest BCUT2D eigenvalue weighted by Crippen LogP contribution is 2.10. The van der Waals surface area contributed by atoms with Crippen LogP contribution in [-0.2, 0) is 9.84 Å². The molecule has 22 heavy (non-hydrogen) atoms. The third-order valence-electron chi connectivity index (χ3n) is 2.79. The van der Waals surface area contributed by atoms with E-state index in [9.17, 15) is 13.2 Å². The van der Waals surface area contributed by atoms with Crippen molar-refractivity contribution in [2.75, 3.05) is 6.26 Å². The predicted octanol–water partition coefficient (Wildman–Crippen LogP) is 2.51. The van der Waals surface area contributed by atoms with Crippen molar-refractivity contribution in [2.24, 2.45) is 5.10 Å². The Morgan fingerprint density at radius 1 is 1.09 bits per heavy atom. The molecule has 2 rings (SSSR count). The fraction of sp³-hybridized carbons (Fsp3) is 0.0667. The normalized spacial score (nSPS) is 11.5. The van der Waals surface area contributed by atoms with Crippen LogP contribution in [0.1, 0.15) is 15.9 Å². The molecule has 0 aliphatic rings. The van der Waals surface area contributed by atoms with Gasteiger partial charge in [0.1, 0.15) is 0 Å². The second kappa shape index (κ2) is 6.72. The lowest BCUT2D eigenvalue weighted by atomic mass is 10.2. The van der Waals surface area contributed by atoms with Crippen LogP contribution in [0.3, 0.4) is 0 Å². The van der Waals surface area contributed by atoms with Gasteiger partial charge in [-0.05, 0) is 42.0 Å². The molecule has 0 spiro atoms. The van der Waals surface area contributed by atoms with E-state index in [2.05, 4.69) is 10.5 Å². The van der Waals surface area contributed by atoms with Gasteiger partial charge in [-0.1, -0.05) is 23.7 Å². The Morgan fingerprint density at radius 3 is 2.23 bits per heavy atom. The summed E-state index contributed by atoms with van der Waals surface area (Å²) in [6.07, 6.45) is 2.59. The molecule has 0 aliphatic heterocycles. The number of sulfone groups is 1. The van der Waals surface area contributed by atoms with Gasteiger partial charge < -0.3 is 0 Å². The van der Waals surface area contributed by atoms with E-state index in [1.807, 2.05) is 0 Å². The van der Waals surface area contributed by atoms with Crippen LogP contribution in [0.2, 0.25) is 5.02 Å². The highest BCUT2D eigenvalue weighted by Gasteiger charge is 2.09. The van der Waals surface area contributed by atoms with Crippen molar-refractivity contribution in [2.45, 2.75) is 4.90 Å². The number of carbonyl (C=O) groups is 1. The first-order valence-electron chi connectivity index (χ1n) is 6.25. The highest BCUT2D eigenvalue weighted by atomic mass is 35.5. The van der Waals surface area contributed by atoms with E-state index in [0.29, 0.717) is 10.6 Å². The number of nitrogens with zero attached hydrogens (tertiary/aromatic N) is 1. The zero-order valence-electron chi connectivity index (χ0n) is 11.7. The van der Waals surface area contributed by atoms with Gasteiger partial charge in [0, 0.05) is 16.8 Å². The minimum Gasteiger partial charge on any atom is -0.267 e. The first-order valence-corrected chi connectivity index (χ1v) is 8.52. The molecule has 1 N–H and O–H groups in total. The SMILES string of the molecule is CS(=O)(=O)c1ccc(C(=O)N/N=C/c2ccc(Cl)cc2)cc1. The van der Waals surface area contributed by atoms with Crippen LogP contribution >= 0.6 is 11.6 Å². The van der Waals surface area contributed by atoms with E-state index in [1.54, 1.807) is 24.3 Å². The molecule has 2 aromatic rings. The molecule has 7 heteroatoms. The lowest BCUT2D eigenvalue weighted by Gasteiger charge is -2.02. The van der Waals surface area contributed by atoms with E-state index in [-0.39, 0.29) is 4.90 Å². The number of amides is 1. The number of benzene rings is 2. The van der Waals surface area contributed by atoms with Crippen molar-refractivity contribution >= 4 is 33.6 Å². The lowest BCUT2D eigenvalue weighted by Crippen LogP contribution is -2.17. The molecular weight excluding hydrogens is 324 g/mol. The molecule has 0 saturated heterocycles. The van der Waals surface area contributed by atoms with Crippen LogP contribution in [0, 0.1) is 0 Å². The number of hydrazone groups is 1. The maximum atomic E-state index is 11.9. The third kappa shape index (κ3) is 4.41. The van der Waals surface area contributed by atoms with Crippen LogP contribution < -0.4 is 5.43 Å². The fourth-order valence-electron chi connectivity index (χ4n) is 1.63. The number of carbonyl (C=O) groups excluding carboxylic acids is 1. The van der Waals surface area contributed by atoms with E-state index >= 15 is 0 Å². The van der Waals surface area contributed by atoms with E-state index in [4.69, 9.17) is 11.6 Å². The van der Waals surface area contributed by atoms with Gasteiger partial charge in [-0.3, -0.25) is 4.79 Å². The second-order valence-electron chi connectivity index (χ2n) is 4.55. The van der Waals surface area contributed by atoms with Crippen molar-refractivity contribution in [3.63, 3.8) is 0 Å². The molecule has 0 radical (unpaired) electrons. The Hall–Kier alpha value is -2.18. The van der Waals surface area contributed by atoms with Gasteiger partial charge in [-0.15, -0.1) is 0 Å². The second-order valence-corrected chi connectivity index (χ2v) is 7.00. The quantitative estimate of drug-likeness (QED) is 0.688. The highest BCUT2D eigenvalue weighted by molar-refractivity contribution is 7.90. The predicted molar refractivity (Wildman–Crippen MR) is 86.1 cm³/mol. The zero-order chi connectivity index (χ0) is 16.2. The molecule has 0 saturated carbocycles. The Morgan fingerprint density at radius 2 is 1.68 bits per heavy atom. The first kappa shape index (κ1) is 16.2. The first-order chi connectivity index (χ1) is 10.4. The minimum absolute atomic E-state index is 0.161. The van der Waals surface area contributed by atoms with Crippen molar-refractivity contribution in [3.05, 3.63) is 64.7 Å². The molecule has 0 aromatic heterocycles. The molecule has 0 unspecified atom stereocenters. The Labute approximate surface area is 133 Å². The average molecular weight is 337 g/mol. The van der Waals surface area contributed by atoms with E-state index in [0.717, 1.165) is 11.8 Å². The van der Waals surface area contributed by atoms with Crippen molar-refractivity contribution in [1.82, 2.24) is 5.43 Å². The molecule has 1 amide bonds.